The van der Waals surface area contributed by atoms with Gasteiger partial charge in [0.1, 0.15) is 6.04 Å². The maximum atomic E-state index is 14.5. The molecule has 5 nitrogen and oxygen atoms in total. The van der Waals surface area contributed by atoms with Gasteiger partial charge in [-0.05, 0) is 56.0 Å². The summed E-state index contributed by atoms with van der Waals surface area (Å²) in [6.45, 7) is 6.13. The van der Waals surface area contributed by atoms with Crippen LogP contribution in [0.3, 0.4) is 0 Å². The van der Waals surface area contributed by atoms with Crippen molar-refractivity contribution < 1.29 is 14.3 Å². The molecule has 4 rings (SSSR count). The summed E-state index contributed by atoms with van der Waals surface area (Å²) >= 11 is 12.8. The third-order valence-corrected chi connectivity index (χ3v) is 7.67. The zero-order valence-electron chi connectivity index (χ0n) is 21.2. The van der Waals surface area contributed by atoms with Crippen LogP contribution in [0, 0.1) is 5.92 Å². The molecule has 1 fully saturated rings. The number of halogens is 2. The molecule has 1 aliphatic rings. The molecule has 1 heterocycles. The van der Waals surface area contributed by atoms with Gasteiger partial charge in [0.25, 0.3) is 0 Å². The summed E-state index contributed by atoms with van der Waals surface area (Å²) in [6, 6.07) is 23.7. The molecule has 0 aliphatic carbocycles. The molecule has 1 aliphatic heterocycles. The van der Waals surface area contributed by atoms with Crippen LogP contribution in [0.5, 0.6) is 0 Å². The lowest BCUT2D eigenvalue weighted by atomic mass is 9.89. The largest absolute Gasteiger partial charge is 0.465 e. The van der Waals surface area contributed by atoms with E-state index in [1.165, 1.54) is 0 Å². The number of amides is 1. The predicted octanol–water partition coefficient (Wildman–Crippen LogP) is 6.93. The van der Waals surface area contributed by atoms with Crippen LogP contribution >= 0.6 is 23.2 Å². The van der Waals surface area contributed by atoms with Gasteiger partial charge in [-0.15, -0.1) is 0 Å². The molecule has 1 N–H and O–H groups in total. The fourth-order valence-electron chi connectivity index (χ4n) is 5.19. The smallest absolute Gasteiger partial charge is 0.323 e. The first kappa shape index (κ1) is 27.2. The minimum Gasteiger partial charge on any atom is -0.465 e. The Hall–Kier alpha value is -2.86. The van der Waals surface area contributed by atoms with E-state index >= 15 is 0 Å². The lowest BCUT2D eigenvalue weighted by Gasteiger charge is -2.38. The standard InChI is InChI=1S/C30H32Cl2N2O3/c1-4-37-30(36)27-18-25(28(33-27)24-16-15-23(31)17-26(24)32)29(35)34(19(2)21-11-7-5-8-12-21)20(3)22-13-9-6-10-14-22/h5-17,19-20,25,27-28,33H,4,18H2,1-3H3/t19-,20-,25-,27-,28-/m0/s1. The molecule has 3 aromatic rings. The molecular weight excluding hydrogens is 507 g/mol. The van der Waals surface area contributed by atoms with Gasteiger partial charge in [-0.1, -0.05) is 89.9 Å². The Labute approximate surface area is 228 Å². The maximum absolute atomic E-state index is 14.5. The Morgan fingerprint density at radius 1 is 0.946 bits per heavy atom. The van der Waals surface area contributed by atoms with Crippen LogP contribution in [-0.4, -0.2) is 29.4 Å². The van der Waals surface area contributed by atoms with Crippen molar-refractivity contribution in [3.63, 3.8) is 0 Å². The van der Waals surface area contributed by atoms with Crippen LogP contribution in [0.1, 0.15) is 62.0 Å². The summed E-state index contributed by atoms with van der Waals surface area (Å²) in [5, 5.41) is 4.30. The summed E-state index contributed by atoms with van der Waals surface area (Å²) in [5.74, 6) is -0.958. The van der Waals surface area contributed by atoms with Gasteiger partial charge in [-0.25, -0.2) is 0 Å². The number of nitrogens with one attached hydrogen (secondary N) is 1. The molecule has 0 saturated carbocycles. The summed E-state index contributed by atoms with van der Waals surface area (Å²) in [6.07, 6.45) is 0.306. The fourth-order valence-corrected chi connectivity index (χ4v) is 5.72. The molecule has 1 saturated heterocycles. The summed E-state index contributed by atoms with van der Waals surface area (Å²) in [5.41, 5.74) is 2.80. The molecule has 0 bridgehead atoms. The highest BCUT2D eigenvalue weighted by Crippen LogP contribution is 2.41. The number of hydrogen-bond acceptors (Lipinski definition) is 4. The van der Waals surface area contributed by atoms with Gasteiger partial charge in [0, 0.05) is 16.1 Å². The summed E-state index contributed by atoms with van der Waals surface area (Å²) < 4.78 is 5.30. The van der Waals surface area contributed by atoms with E-state index in [9.17, 15) is 9.59 Å². The number of esters is 1. The maximum Gasteiger partial charge on any atom is 0.323 e. The molecule has 0 aromatic heterocycles. The van der Waals surface area contributed by atoms with Crippen molar-refractivity contribution in [2.24, 2.45) is 5.92 Å². The van der Waals surface area contributed by atoms with Gasteiger partial charge in [0.05, 0.1) is 24.6 Å². The first-order valence-corrected chi connectivity index (χ1v) is 13.4. The summed E-state index contributed by atoms with van der Waals surface area (Å²) in [4.78, 5) is 29.2. The van der Waals surface area contributed by atoms with Gasteiger partial charge in [-0.3, -0.25) is 14.9 Å². The number of hydrogen-bond donors (Lipinski definition) is 1. The minimum absolute atomic E-state index is 0.0528. The Morgan fingerprint density at radius 2 is 1.51 bits per heavy atom. The van der Waals surface area contributed by atoms with E-state index < -0.39 is 18.0 Å². The zero-order valence-corrected chi connectivity index (χ0v) is 22.7. The third kappa shape index (κ3) is 6.01. The van der Waals surface area contributed by atoms with E-state index in [0.717, 1.165) is 16.7 Å². The van der Waals surface area contributed by atoms with Gasteiger partial charge >= 0.3 is 5.97 Å². The van der Waals surface area contributed by atoms with Crippen LogP contribution in [0.15, 0.2) is 78.9 Å². The molecule has 3 aromatic carbocycles. The SMILES string of the molecule is CCOC(=O)[C@@H]1C[C@H](C(=O)N([C@@H](C)c2ccccc2)[C@@H](C)c2ccccc2)[C@H](c2ccc(Cl)cc2Cl)N1. The van der Waals surface area contributed by atoms with Crippen LogP contribution in [0.4, 0.5) is 0 Å². The highest BCUT2D eigenvalue weighted by Gasteiger charge is 2.46. The Bertz CT molecular complexity index is 1180. The van der Waals surface area contributed by atoms with Gasteiger partial charge in [0.15, 0.2) is 0 Å². The quantitative estimate of drug-likeness (QED) is 0.316. The number of ether oxygens (including phenoxy) is 1. The van der Waals surface area contributed by atoms with Crippen molar-refractivity contribution in [1.29, 1.82) is 0 Å². The van der Waals surface area contributed by atoms with Crippen molar-refractivity contribution in [2.75, 3.05) is 6.61 Å². The minimum atomic E-state index is -0.619. The molecule has 194 valence electrons. The number of carbonyl (C=O) groups excluding carboxylic acids is 2. The van der Waals surface area contributed by atoms with Crippen molar-refractivity contribution >= 4 is 35.1 Å². The highest BCUT2D eigenvalue weighted by molar-refractivity contribution is 6.35. The Morgan fingerprint density at radius 3 is 2.03 bits per heavy atom. The van der Waals surface area contributed by atoms with E-state index in [2.05, 4.69) is 5.32 Å². The zero-order chi connectivity index (χ0) is 26.5. The van der Waals surface area contributed by atoms with E-state index in [-0.39, 0.29) is 30.6 Å². The monoisotopic (exact) mass is 538 g/mol. The lowest BCUT2D eigenvalue weighted by Crippen LogP contribution is -2.41. The average molecular weight is 540 g/mol. The van der Waals surface area contributed by atoms with E-state index in [4.69, 9.17) is 27.9 Å². The fraction of sp³-hybridized carbons (Fsp3) is 0.333. The molecule has 7 heteroatoms. The number of benzene rings is 3. The Kier molecular flexibility index (Phi) is 8.91. The second kappa shape index (κ2) is 12.1. The van der Waals surface area contributed by atoms with Crippen molar-refractivity contribution in [2.45, 2.75) is 51.4 Å². The van der Waals surface area contributed by atoms with Crippen molar-refractivity contribution in [3.8, 4) is 0 Å². The van der Waals surface area contributed by atoms with E-state index in [1.54, 1.807) is 19.1 Å². The molecular formula is C30H32Cl2N2O3. The molecule has 37 heavy (non-hydrogen) atoms. The predicted molar refractivity (Wildman–Crippen MR) is 147 cm³/mol. The number of rotatable bonds is 8. The summed E-state index contributed by atoms with van der Waals surface area (Å²) in [7, 11) is 0. The normalized spacial score (nSPS) is 20.7. The molecule has 0 unspecified atom stereocenters. The van der Waals surface area contributed by atoms with Gasteiger partial charge in [-0.2, -0.15) is 0 Å². The average Bonchev–Trinajstić information content (AvgIpc) is 3.35. The second-order valence-electron chi connectivity index (χ2n) is 9.38. The van der Waals surface area contributed by atoms with E-state index in [0.29, 0.717) is 16.5 Å². The second-order valence-corrected chi connectivity index (χ2v) is 10.2. The van der Waals surface area contributed by atoms with Crippen LogP contribution in [0.2, 0.25) is 10.0 Å². The third-order valence-electron chi connectivity index (χ3n) is 7.11. The topological polar surface area (TPSA) is 58.6 Å². The molecule has 5 atom stereocenters. The van der Waals surface area contributed by atoms with Gasteiger partial charge < -0.3 is 9.64 Å². The first-order chi connectivity index (χ1) is 17.8. The van der Waals surface area contributed by atoms with Crippen LogP contribution in [-0.2, 0) is 14.3 Å². The molecule has 0 radical (unpaired) electrons. The first-order valence-electron chi connectivity index (χ1n) is 12.6. The van der Waals surface area contributed by atoms with Crippen LogP contribution < -0.4 is 5.32 Å². The van der Waals surface area contributed by atoms with Crippen LogP contribution in [0.25, 0.3) is 0 Å². The highest BCUT2D eigenvalue weighted by atomic mass is 35.5. The Balaban J connectivity index is 1.76. The van der Waals surface area contributed by atoms with Gasteiger partial charge in [0.2, 0.25) is 5.91 Å². The van der Waals surface area contributed by atoms with Crippen molar-refractivity contribution in [1.82, 2.24) is 10.2 Å². The molecule has 1 amide bonds. The lowest BCUT2D eigenvalue weighted by molar-refractivity contribution is -0.145. The number of nitrogens with zero attached hydrogens (tertiary/aromatic N) is 1. The van der Waals surface area contributed by atoms with Crippen molar-refractivity contribution in [3.05, 3.63) is 106 Å². The van der Waals surface area contributed by atoms with E-state index in [1.807, 2.05) is 85.5 Å². The molecule has 0 spiro atoms. The number of carbonyl (C=O) groups is 2.